The van der Waals surface area contributed by atoms with Gasteiger partial charge in [-0.25, -0.2) is 27.0 Å². The van der Waals surface area contributed by atoms with Gasteiger partial charge in [0.25, 0.3) is 11.5 Å². The van der Waals surface area contributed by atoms with E-state index >= 15 is 0 Å². The molecule has 9 atom stereocenters. The second-order valence-electron chi connectivity index (χ2n) is 19.2. The largest absolute Gasteiger partial charge is 0.446 e. The summed E-state index contributed by atoms with van der Waals surface area (Å²) in [5, 5.41) is 14.4. The van der Waals surface area contributed by atoms with Crippen molar-refractivity contribution >= 4 is 44.9 Å². The first-order valence-corrected chi connectivity index (χ1v) is 22.7. The van der Waals surface area contributed by atoms with Crippen LogP contribution in [0.25, 0.3) is 11.0 Å². The number of benzene rings is 1. The Balaban J connectivity index is 0.959. The maximum atomic E-state index is 14.3. The molecule has 330 valence electrons. The first kappa shape index (κ1) is 44.1. The molecule has 2 heterocycles. The number of aromatic amines is 1. The molecule has 61 heavy (non-hydrogen) atoms. The summed E-state index contributed by atoms with van der Waals surface area (Å²) in [5.74, 6) is -4.22. The molecule has 4 N–H and O–H groups in total. The highest BCUT2D eigenvalue weighted by Gasteiger charge is 2.67. The number of nitrogens with zero attached hydrogens (tertiary/aromatic N) is 3. The van der Waals surface area contributed by atoms with Gasteiger partial charge in [-0.2, -0.15) is 5.26 Å². The van der Waals surface area contributed by atoms with Crippen molar-refractivity contribution in [2.75, 3.05) is 6.54 Å². The fourth-order valence-electron chi connectivity index (χ4n) is 9.47. The van der Waals surface area contributed by atoms with Gasteiger partial charge in [-0.3, -0.25) is 23.9 Å². The summed E-state index contributed by atoms with van der Waals surface area (Å²) in [6.45, 7) is 12.8. The molecule has 0 spiro atoms. The Bertz CT molecular complexity index is 2350. The average molecular weight is 868 g/mol. The van der Waals surface area contributed by atoms with Gasteiger partial charge in [-0.05, 0) is 99.7 Å². The summed E-state index contributed by atoms with van der Waals surface area (Å²) < 4.78 is 60.5. The number of likely N-dealkylation sites (tertiary alicyclic amines) is 1. The summed E-state index contributed by atoms with van der Waals surface area (Å²) in [5.41, 5.74) is -0.187. The van der Waals surface area contributed by atoms with Gasteiger partial charge in [-0.1, -0.05) is 52.7 Å². The molecule has 1 aliphatic heterocycles. The number of fused-ring (bicyclic) bond motifs is 2. The van der Waals surface area contributed by atoms with Gasteiger partial charge in [0.05, 0.1) is 33.3 Å². The normalized spacial score (nSPS) is 29.1. The van der Waals surface area contributed by atoms with Gasteiger partial charge in [0, 0.05) is 12.5 Å². The lowest BCUT2D eigenvalue weighted by Gasteiger charge is -2.36. The topological polar surface area (TPSA) is 221 Å². The van der Waals surface area contributed by atoms with Crippen molar-refractivity contribution in [2.24, 2.45) is 35.0 Å². The molecule has 4 amide bonds. The molecule has 2 unspecified atom stereocenters. The lowest BCUT2D eigenvalue weighted by Crippen LogP contribution is -2.61. The zero-order valence-electron chi connectivity index (χ0n) is 35.2. The average Bonchev–Trinajstić information content (AvgIpc) is 4.13. The molecule has 1 saturated heterocycles. The summed E-state index contributed by atoms with van der Waals surface area (Å²) in [4.78, 5) is 76.6. The number of hydrogen-bond donors (Lipinski definition) is 4. The third-order valence-electron chi connectivity index (χ3n) is 13.8. The van der Waals surface area contributed by atoms with E-state index in [1.165, 1.54) is 11.8 Å². The van der Waals surface area contributed by atoms with E-state index in [4.69, 9.17) is 10.00 Å². The van der Waals surface area contributed by atoms with E-state index in [-0.39, 0.29) is 29.9 Å². The second kappa shape index (κ2) is 16.1. The van der Waals surface area contributed by atoms with E-state index in [0.717, 1.165) is 31.3 Å². The standard InChI is InChI=1S/C43H55F2N7O8S/c1-22-14-17-52(33(22)37(54)50-43(20-27(43)35(44)45)39(56)51-61(58,59)42(6)15-16-42)38(55)34(41(3,4)5)49-40(57)60-31-19-26-23(2)32(26)25(31)10-8-7-9-11-29-36(53)48-30-18-24(21-46)12-13-28(30)47-29/h12-13,18,22,25-27,31-35H,2,7-11,14-17,19-20H2,1,3-6H3,(H,48,53)(H,49,57)(H,50,54)(H,51,56)/t22-,25+,26-,27+,31?,32-,33+,34-,43?/m1/s1. The number of alkyl carbamates (subject to hydrolysis) is 1. The minimum Gasteiger partial charge on any atom is -0.446 e. The molecule has 0 radical (unpaired) electrons. The molecule has 2 aromatic rings. The van der Waals surface area contributed by atoms with Crippen molar-refractivity contribution in [3.63, 3.8) is 0 Å². The van der Waals surface area contributed by atoms with E-state index in [9.17, 15) is 41.2 Å². The molecule has 0 bridgehead atoms. The lowest BCUT2D eigenvalue weighted by molar-refractivity contribution is -0.143. The van der Waals surface area contributed by atoms with Gasteiger partial charge >= 0.3 is 6.09 Å². The molecule has 5 aliphatic rings. The van der Waals surface area contributed by atoms with Crippen LogP contribution in [0.3, 0.4) is 0 Å². The summed E-state index contributed by atoms with van der Waals surface area (Å²) in [6, 6.07) is 4.68. The number of aromatic nitrogens is 2. The first-order chi connectivity index (χ1) is 28.6. The number of amides is 4. The number of allylic oxidation sites excluding steroid dienone is 1. The number of ether oxygens (including phenoxy) is 1. The molecule has 1 aromatic heterocycles. The molecule has 7 rings (SSSR count). The number of nitriles is 1. The van der Waals surface area contributed by atoms with Crippen molar-refractivity contribution < 1.29 is 41.1 Å². The molecular formula is C43H55F2N7O8S. The van der Waals surface area contributed by atoms with Crippen LogP contribution in [-0.4, -0.2) is 88.5 Å². The second-order valence-corrected chi connectivity index (χ2v) is 21.4. The minimum absolute atomic E-state index is 0.0298. The predicted molar refractivity (Wildman–Crippen MR) is 219 cm³/mol. The molecule has 18 heteroatoms. The van der Waals surface area contributed by atoms with Crippen molar-refractivity contribution in [3.05, 3.63) is 52.0 Å². The van der Waals surface area contributed by atoms with E-state index in [1.54, 1.807) is 45.9 Å². The number of alkyl halides is 2. The van der Waals surface area contributed by atoms with Gasteiger partial charge < -0.3 is 25.3 Å². The van der Waals surface area contributed by atoms with Crippen molar-refractivity contribution in [2.45, 2.75) is 134 Å². The van der Waals surface area contributed by atoms with Crippen LogP contribution < -0.4 is 20.9 Å². The first-order valence-electron chi connectivity index (χ1n) is 21.2. The van der Waals surface area contributed by atoms with Crippen molar-refractivity contribution in [1.82, 2.24) is 30.2 Å². The summed E-state index contributed by atoms with van der Waals surface area (Å²) >= 11 is 0. The predicted octanol–water partition coefficient (Wildman–Crippen LogP) is 4.60. The van der Waals surface area contributed by atoms with E-state index in [0.29, 0.717) is 54.4 Å². The SMILES string of the molecule is C=C1[C@H]2[C@@H]1CC(OC(=O)N[C@H](C(=O)N1CC[C@@H](C)[C@H]1C(=O)NC1(C(=O)NS(=O)(=O)C3(C)CC3)C[C@H]1C(F)F)C(C)(C)C)[C@@H]2CCCCCc1nc2ccc(C#N)cc2[nH]c1=O. The number of sulfonamides is 1. The van der Waals surface area contributed by atoms with Crippen LogP contribution in [0.15, 0.2) is 35.1 Å². The number of carbonyl (C=O) groups is 4. The summed E-state index contributed by atoms with van der Waals surface area (Å²) in [6.07, 6.45) is 0.515. The van der Waals surface area contributed by atoms with Gasteiger partial charge in [0.15, 0.2) is 0 Å². The van der Waals surface area contributed by atoms with Crippen LogP contribution in [0.4, 0.5) is 13.6 Å². The van der Waals surface area contributed by atoms with E-state index in [1.807, 2.05) is 4.72 Å². The van der Waals surface area contributed by atoms with Gasteiger partial charge in [0.2, 0.25) is 28.3 Å². The number of rotatable bonds is 15. The minimum atomic E-state index is -4.18. The Morgan fingerprint density at radius 3 is 2.52 bits per heavy atom. The number of H-pyrrole nitrogens is 1. The quantitative estimate of drug-likeness (QED) is 0.144. The Kier molecular flexibility index (Phi) is 11.6. The molecule has 1 aromatic carbocycles. The molecule has 15 nitrogen and oxygen atoms in total. The summed E-state index contributed by atoms with van der Waals surface area (Å²) in [7, 11) is -4.18. The molecule has 4 saturated carbocycles. The highest BCUT2D eigenvalue weighted by atomic mass is 32.2. The van der Waals surface area contributed by atoms with Crippen LogP contribution in [-0.2, 0) is 35.6 Å². The maximum Gasteiger partial charge on any atom is 0.408 e. The van der Waals surface area contributed by atoms with Crippen LogP contribution >= 0.6 is 0 Å². The Labute approximate surface area is 353 Å². The van der Waals surface area contributed by atoms with Crippen LogP contribution in [0.1, 0.15) is 104 Å². The van der Waals surface area contributed by atoms with Gasteiger partial charge in [-0.15, -0.1) is 0 Å². The molecular weight excluding hydrogens is 813 g/mol. The van der Waals surface area contributed by atoms with E-state index in [2.05, 4.69) is 33.2 Å². The number of aryl methyl sites for hydroxylation is 1. The Hall–Kier alpha value is -4.92. The number of nitrogens with one attached hydrogen (secondary N) is 4. The third-order valence-corrected chi connectivity index (χ3v) is 15.9. The number of hydrogen-bond acceptors (Lipinski definition) is 10. The zero-order chi connectivity index (χ0) is 44.4. The highest BCUT2D eigenvalue weighted by Crippen LogP contribution is 2.61. The number of unbranched alkanes of at least 4 members (excludes halogenated alkanes) is 2. The van der Waals surface area contributed by atoms with Crippen LogP contribution in [0, 0.1) is 46.3 Å². The smallest absolute Gasteiger partial charge is 0.408 e. The van der Waals surface area contributed by atoms with Gasteiger partial charge in [0.1, 0.15) is 29.4 Å². The fraction of sp³-hybridized carbons (Fsp3) is 0.651. The highest BCUT2D eigenvalue weighted by molar-refractivity contribution is 7.91. The van der Waals surface area contributed by atoms with Crippen LogP contribution in [0.5, 0.6) is 0 Å². The van der Waals surface area contributed by atoms with Crippen molar-refractivity contribution in [3.8, 4) is 6.07 Å². The monoisotopic (exact) mass is 867 g/mol. The van der Waals surface area contributed by atoms with Crippen LogP contribution in [0.2, 0.25) is 0 Å². The maximum absolute atomic E-state index is 14.3. The zero-order valence-corrected chi connectivity index (χ0v) is 36.0. The fourth-order valence-corrected chi connectivity index (χ4v) is 10.8. The van der Waals surface area contributed by atoms with E-state index < -0.39 is 92.4 Å². The molecule has 4 aliphatic carbocycles. The number of halogens is 2. The lowest BCUT2D eigenvalue weighted by atomic mass is 9.85. The third kappa shape index (κ3) is 8.63. The Morgan fingerprint density at radius 1 is 1.16 bits per heavy atom. The Morgan fingerprint density at radius 2 is 1.89 bits per heavy atom. The number of carbonyl (C=O) groups excluding carboxylic acids is 4. The van der Waals surface area contributed by atoms with Crippen molar-refractivity contribution in [1.29, 1.82) is 5.26 Å². The molecule has 5 fully saturated rings.